The van der Waals surface area contributed by atoms with E-state index in [-0.39, 0.29) is 11.4 Å². The van der Waals surface area contributed by atoms with Crippen LogP contribution in [0.4, 0.5) is 5.69 Å². The Morgan fingerprint density at radius 2 is 1.45 bits per heavy atom. The summed E-state index contributed by atoms with van der Waals surface area (Å²) in [4.78, 5) is 26.7. The second-order valence-electron chi connectivity index (χ2n) is 5.02. The zero-order valence-corrected chi connectivity index (χ0v) is 12.6. The lowest BCUT2D eigenvalue weighted by Gasteiger charge is -2.12. The highest BCUT2D eigenvalue weighted by atomic mass is 16.2. The van der Waals surface area contributed by atoms with Gasteiger partial charge >= 0.3 is 0 Å². The van der Waals surface area contributed by atoms with Crippen LogP contribution < -0.4 is 5.32 Å². The predicted octanol–water partition coefficient (Wildman–Crippen LogP) is 2.95. The molecule has 0 unspecified atom stereocenters. The SMILES string of the molecule is CN(C)/C=C(\C(=O)Nc1ccccc1)C(=O)c1ccccc1. The van der Waals surface area contributed by atoms with Crippen molar-refractivity contribution in [2.75, 3.05) is 19.4 Å². The first-order valence-electron chi connectivity index (χ1n) is 6.92. The normalized spacial score (nSPS) is 10.9. The minimum Gasteiger partial charge on any atom is -0.383 e. The van der Waals surface area contributed by atoms with Crippen molar-refractivity contribution in [1.29, 1.82) is 0 Å². The second-order valence-corrected chi connectivity index (χ2v) is 5.02. The maximum atomic E-state index is 12.6. The summed E-state index contributed by atoms with van der Waals surface area (Å²) < 4.78 is 0. The van der Waals surface area contributed by atoms with Gasteiger partial charge in [-0.25, -0.2) is 0 Å². The number of hydrogen-bond donors (Lipinski definition) is 1. The first-order chi connectivity index (χ1) is 10.6. The van der Waals surface area contributed by atoms with Crippen LogP contribution in [0.5, 0.6) is 0 Å². The molecule has 0 saturated carbocycles. The van der Waals surface area contributed by atoms with E-state index in [1.54, 1.807) is 55.4 Å². The summed E-state index contributed by atoms with van der Waals surface area (Å²) in [5.41, 5.74) is 1.23. The highest BCUT2D eigenvalue weighted by Crippen LogP contribution is 2.13. The van der Waals surface area contributed by atoms with Gasteiger partial charge in [0.1, 0.15) is 5.57 Å². The van der Waals surface area contributed by atoms with Gasteiger partial charge in [-0.2, -0.15) is 0 Å². The third kappa shape index (κ3) is 4.06. The van der Waals surface area contributed by atoms with E-state index >= 15 is 0 Å². The smallest absolute Gasteiger partial charge is 0.261 e. The molecule has 0 spiro atoms. The van der Waals surface area contributed by atoms with E-state index in [0.717, 1.165) is 0 Å². The minimum absolute atomic E-state index is 0.0973. The van der Waals surface area contributed by atoms with E-state index in [9.17, 15) is 9.59 Å². The highest BCUT2D eigenvalue weighted by Gasteiger charge is 2.20. The van der Waals surface area contributed by atoms with Crippen molar-refractivity contribution in [3.8, 4) is 0 Å². The third-order valence-corrected chi connectivity index (χ3v) is 2.94. The first-order valence-corrected chi connectivity index (χ1v) is 6.92. The lowest BCUT2D eigenvalue weighted by Crippen LogP contribution is -2.23. The van der Waals surface area contributed by atoms with Crippen molar-refractivity contribution < 1.29 is 9.59 Å². The average molecular weight is 294 g/mol. The van der Waals surface area contributed by atoms with Crippen molar-refractivity contribution in [2.45, 2.75) is 0 Å². The van der Waals surface area contributed by atoms with Gasteiger partial charge in [0.2, 0.25) is 0 Å². The van der Waals surface area contributed by atoms with Gasteiger partial charge in [-0.1, -0.05) is 48.5 Å². The number of rotatable bonds is 5. The Labute approximate surface area is 130 Å². The lowest BCUT2D eigenvalue weighted by molar-refractivity contribution is -0.112. The topological polar surface area (TPSA) is 49.4 Å². The molecule has 2 rings (SSSR count). The fourth-order valence-electron chi connectivity index (χ4n) is 1.94. The van der Waals surface area contributed by atoms with E-state index in [0.29, 0.717) is 11.3 Å². The van der Waals surface area contributed by atoms with Gasteiger partial charge in [-0.3, -0.25) is 9.59 Å². The number of hydrogen-bond acceptors (Lipinski definition) is 3. The molecule has 0 fully saturated rings. The number of anilines is 1. The molecular formula is C18H18N2O2. The molecule has 22 heavy (non-hydrogen) atoms. The molecule has 4 heteroatoms. The zero-order chi connectivity index (χ0) is 15.9. The fourth-order valence-corrected chi connectivity index (χ4v) is 1.94. The number of nitrogens with zero attached hydrogens (tertiary/aromatic N) is 1. The highest BCUT2D eigenvalue weighted by molar-refractivity contribution is 6.28. The second kappa shape index (κ2) is 7.22. The molecule has 0 heterocycles. The summed E-state index contributed by atoms with van der Waals surface area (Å²) >= 11 is 0. The molecule has 0 aliphatic carbocycles. The van der Waals surface area contributed by atoms with Gasteiger partial charge in [0.15, 0.2) is 5.78 Å². The number of Topliss-reactive ketones (excluding diaryl/α,β-unsaturated/α-hetero) is 1. The average Bonchev–Trinajstić information content (AvgIpc) is 2.53. The molecule has 0 atom stereocenters. The van der Waals surface area contributed by atoms with Crippen molar-refractivity contribution >= 4 is 17.4 Å². The number of amides is 1. The van der Waals surface area contributed by atoms with Gasteiger partial charge in [0.25, 0.3) is 5.91 Å². The van der Waals surface area contributed by atoms with Crippen LogP contribution in [0.25, 0.3) is 0 Å². The zero-order valence-electron chi connectivity index (χ0n) is 12.6. The molecule has 0 bridgehead atoms. The standard InChI is InChI=1S/C18H18N2O2/c1-20(2)13-16(17(21)14-9-5-3-6-10-14)18(22)19-15-11-7-4-8-12-15/h3-13H,1-2H3,(H,19,22)/b16-13-. The Bertz CT molecular complexity index is 677. The van der Waals surface area contributed by atoms with Crippen LogP contribution in [0, 0.1) is 0 Å². The number of carbonyl (C=O) groups excluding carboxylic acids is 2. The number of carbonyl (C=O) groups is 2. The van der Waals surface area contributed by atoms with E-state index in [1.807, 2.05) is 24.3 Å². The molecule has 1 amide bonds. The van der Waals surface area contributed by atoms with Crippen LogP contribution in [-0.2, 0) is 4.79 Å². The fraction of sp³-hybridized carbons (Fsp3) is 0.111. The first kappa shape index (κ1) is 15.5. The maximum absolute atomic E-state index is 12.6. The van der Waals surface area contributed by atoms with Gasteiger partial charge < -0.3 is 10.2 Å². The molecule has 4 nitrogen and oxygen atoms in total. The van der Waals surface area contributed by atoms with Crippen LogP contribution in [-0.4, -0.2) is 30.7 Å². The Balaban J connectivity index is 2.27. The quantitative estimate of drug-likeness (QED) is 0.399. The van der Waals surface area contributed by atoms with E-state index in [4.69, 9.17) is 0 Å². The van der Waals surface area contributed by atoms with Crippen molar-refractivity contribution in [3.05, 3.63) is 78.0 Å². The number of para-hydroxylation sites is 1. The monoisotopic (exact) mass is 294 g/mol. The van der Waals surface area contributed by atoms with Gasteiger partial charge in [0.05, 0.1) is 0 Å². The van der Waals surface area contributed by atoms with Crippen molar-refractivity contribution in [1.82, 2.24) is 4.90 Å². The van der Waals surface area contributed by atoms with Crippen LogP contribution in [0.15, 0.2) is 72.4 Å². The molecule has 2 aromatic carbocycles. The summed E-state index contributed by atoms with van der Waals surface area (Å²) in [5.74, 6) is -0.725. The molecular weight excluding hydrogens is 276 g/mol. The minimum atomic E-state index is -0.422. The van der Waals surface area contributed by atoms with Crippen LogP contribution in [0.2, 0.25) is 0 Å². The molecule has 0 aliphatic heterocycles. The summed E-state index contributed by atoms with van der Waals surface area (Å²) in [5, 5.41) is 2.74. The van der Waals surface area contributed by atoms with Gasteiger partial charge in [-0.15, -0.1) is 0 Å². The van der Waals surface area contributed by atoms with Crippen LogP contribution >= 0.6 is 0 Å². The molecule has 0 radical (unpaired) electrons. The van der Waals surface area contributed by atoms with Gasteiger partial charge in [0, 0.05) is 31.5 Å². The Kier molecular flexibility index (Phi) is 5.09. The van der Waals surface area contributed by atoms with Crippen molar-refractivity contribution in [2.24, 2.45) is 0 Å². The molecule has 2 aromatic rings. The van der Waals surface area contributed by atoms with E-state index < -0.39 is 5.91 Å². The number of ketones is 1. The molecule has 0 saturated heterocycles. The largest absolute Gasteiger partial charge is 0.383 e. The Morgan fingerprint density at radius 3 is 2.00 bits per heavy atom. The molecule has 0 aromatic heterocycles. The van der Waals surface area contributed by atoms with Crippen molar-refractivity contribution in [3.63, 3.8) is 0 Å². The van der Waals surface area contributed by atoms with E-state index in [1.165, 1.54) is 6.20 Å². The van der Waals surface area contributed by atoms with E-state index in [2.05, 4.69) is 5.32 Å². The molecule has 112 valence electrons. The van der Waals surface area contributed by atoms with Crippen LogP contribution in [0.1, 0.15) is 10.4 Å². The van der Waals surface area contributed by atoms with Gasteiger partial charge in [-0.05, 0) is 12.1 Å². The number of benzene rings is 2. The summed E-state index contributed by atoms with van der Waals surface area (Å²) in [6, 6.07) is 17.8. The predicted molar refractivity (Wildman–Crippen MR) is 87.6 cm³/mol. The lowest BCUT2D eigenvalue weighted by atomic mass is 10.0. The van der Waals surface area contributed by atoms with Crippen LogP contribution in [0.3, 0.4) is 0 Å². The summed E-state index contributed by atoms with van der Waals surface area (Å²) in [6.45, 7) is 0. The summed E-state index contributed by atoms with van der Waals surface area (Å²) in [7, 11) is 3.54. The number of nitrogens with one attached hydrogen (secondary N) is 1. The molecule has 1 N–H and O–H groups in total. The Hall–Kier alpha value is -2.88. The molecule has 0 aliphatic rings. The Morgan fingerprint density at radius 1 is 0.909 bits per heavy atom. The summed E-state index contributed by atoms with van der Waals surface area (Å²) in [6.07, 6.45) is 1.54. The maximum Gasteiger partial charge on any atom is 0.261 e. The third-order valence-electron chi connectivity index (χ3n) is 2.94.